The molecule has 154 valence electrons. The molecule has 29 heavy (non-hydrogen) atoms. The number of amides is 1. The number of carbonyl (C=O) groups is 1. The van der Waals surface area contributed by atoms with Gasteiger partial charge in [-0.05, 0) is 55.4 Å². The van der Waals surface area contributed by atoms with Crippen LogP contribution in [0.1, 0.15) is 31.4 Å². The van der Waals surface area contributed by atoms with Crippen molar-refractivity contribution in [1.29, 1.82) is 0 Å². The zero-order valence-electron chi connectivity index (χ0n) is 17.5. The third-order valence-electron chi connectivity index (χ3n) is 5.22. The number of anilines is 1. The number of carbonyl (C=O) groups excluding carboxylic acids is 1. The van der Waals surface area contributed by atoms with Crippen LogP contribution in [0.15, 0.2) is 59.6 Å². The zero-order valence-corrected chi connectivity index (χ0v) is 17.5. The number of benzene rings is 2. The summed E-state index contributed by atoms with van der Waals surface area (Å²) < 4.78 is 0. The zero-order chi connectivity index (χ0) is 20.5. The molecule has 1 unspecified atom stereocenters. The predicted molar refractivity (Wildman–Crippen MR) is 120 cm³/mol. The van der Waals surface area contributed by atoms with Gasteiger partial charge in [0.2, 0.25) is 5.91 Å². The van der Waals surface area contributed by atoms with E-state index in [0.717, 1.165) is 50.7 Å². The fraction of sp³-hybridized carbons (Fsp3) is 0.417. The lowest BCUT2D eigenvalue weighted by Gasteiger charge is -2.21. The Morgan fingerprint density at radius 1 is 1.10 bits per heavy atom. The molecule has 1 aliphatic heterocycles. The first-order valence-electron chi connectivity index (χ1n) is 10.6. The van der Waals surface area contributed by atoms with Gasteiger partial charge in [-0.2, -0.15) is 0 Å². The van der Waals surface area contributed by atoms with Crippen molar-refractivity contribution >= 4 is 17.6 Å². The molecule has 1 fully saturated rings. The van der Waals surface area contributed by atoms with E-state index in [1.54, 1.807) is 0 Å². The SMILES string of the molecule is CCNC(=NCCc1ccc(NC(C)=O)cc1)N1CCC(Cc2ccccc2)C1. The molecule has 1 amide bonds. The van der Waals surface area contributed by atoms with Crippen molar-refractivity contribution in [1.82, 2.24) is 10.2 Å². The number of likely N-dealkylation sites (tertiary alicyclic amines) is 1. The minimum absolute atomic E-state index is 0.0474. The van der Waals surface area contributed by atoms with Crippen LogP contribution in [-0.4, -0.2) is 42.9 Å². The molecule has 5 heteroatoms. The van der Waals surface area contributed by atoms with Crippen LogP contribution in [0.5, 0.6) is 0 Å². The Morgan fingerprint density at radius 3 is 2.55 bits per heavy atom. The van der Waals surface area contributed by atoms with E-state index in [1.807, 2.05) is 12.1 Å². The Morgan fingerprint density at radius 2 is 1.86 bits per heavy atom. The van der Waals surface area contributed by atoms with Crippen LogP contribution in [0, 0.1) is 5.92 Å². The maximum Gasteiger partial charge on any atom is 0.221 e. The van der Waals surface area contributed by atoms with Crippen molar-refractivity contribution in [3.8, 4) is 0 Å². The smallest absolute Gasteiger partial charge is 0.221 e. The minimum Gasteiger partial charge on any atom is -0.357 e. The number of aliphatic imine (C=N–C) groups is 1. The Balaban J connectivity index is 1.52. The van der Waals surface area contributed by atoms with Crippen LogP contribution in [-0.2, 0) is 17.6 Å². The van der Waals surface area contributed by atoms with Crippen molar-refractivity contribution in [2.45, 2.75) is 33.1 Å². The molecule has 1 aliphatic rings. The van der Waals surface area contributed by atoms with E-state index in [4.69, 9.17) is 4.99 Å². The molecule has 1 heterocycles. The van der Waals surface area contributed by atoms with E-state index >= 15 is 0 Å². The molecule has 1 atom stereocenters. The normalized spacial score (nSPS) is 16.7. The number of guanidine groups is 1. The standard InChI is InChI=1S/C24H32N4O/c1-3-25-24(26-15-13-20-9-11-23(12-10-20)27-19(2)29)28-16-14-22(18-28)17-21-7-5-4-6-8-21/h4-12,22H,3,13-18H2,1-2H3,(H,25,26)(H,27,29). The summed E-state index contributed by atoms with van der Waals surface area (Å²) in [5, 5.41) is 6.25. The Hall–Kier alpha value is -2.82. The lowest BCUT2D eigenvalue weighted by molar-refractivity contribution is -0.114. The van der Waals surface area contributed by atoms with Crippen LogP contribution in [0.25, 0.3) is 0 Å². The summed E-state index contributed by atoms with van der Waals surface area (Å²) in [4.78, 5) is 18.4. The highest BCUT2D eigenvalue weighted by Crippen LogP contribution is 2.21. The lowest BCUT2D eigenvalue weighted by atomic mass is 9.99. The molecule has 0 aromatic heterocycles. The van der Waals surface area contributed by atoms with Crippen LogP contribution < -0.4 is 10.6 Å². The van der Waals surface area contributed by atoms with Gasteiger partial charge in [0.15, 0.2) is 5.96 Å². The average Bonchev–Trinajstić information content (AvgIpc) is 3.17. The van der Waals surface area contributed by atoms with Crippen molar-refractivity contribution in [3.63, 3.8) is 0 Å². The Kier molecular flexibility index (Phi) is 7.68. The summed E-state index contributed by atoms with van der Waals surface area (Å²) in [6.45, 7) is 7.40. The number of rotatable bonds is 7. The van der Waals surface area contributed by atoms with Gasteiger partial charge in [-0.1, -0.05) is 42.5 Å². The molecule has 2 aromatic carbocycles. The lowest BCUT2D eigenvalue weighted by Crippen LogP contribution is -2.40. The molecule has 2 aromatic rings. The van der Waals surface area contributed by atoms with Gasteiger partial charge in [-0.3, -0.25) is 9.79 Å². The van der Waals surface area contributed by atoms with Gasteiger partial charge in [0.25, 0.3) is 0 Å². The molecule has 0 aliphatic carbocycles. The number of hydrogen-bond acceptors (Lipinski definition) is 2. The summed E-state index contributed by atoms with van der Waals surface area (Å²) in [7, 11) is 0. The predicted octanol–water partition coefficient (Wildman–Crippen LogP) is 3.72. The van der Waals surface area contributed by atoms with Gasteiger partial charge < -0.3 is 15.5 Å². The van der Waals surface area contributed by atoms with Gasteiger partial charge in [-0.25, -0.2) is 0 Å². The maximum atomic E-state index is 11.1. The monoisotopic (exact) mass is 392 g/mol. The van der Waals surface area contributed by atoms with E-state index < -0.39 is 0 Å². The molecule has 1 saturated heterocycles. The minimum atomic E-state index is -0.0474. The summed E-state index contributed by atoms with van der Waals surface area (Å²) in [5.41, 5.74) is 3.48. The first-order valence-corrected chi connectivity index (χ1v) is 10.6. The highest BCUT2D eigenvalue weighted by Gasteiger charge is 2.24. The summed E-state index contributed by atoms with van der Waals surface area (Å²) in [5.74, 6) is 1.66. The van der Waals surface area contributed by atoms with Crippen molar-refractivity contribution in [2.75, 3.05) is 31.5 Å². The first kappa shape index (κ1) is 20.9. The van der Waals surface area contributed by atoms with Gasteiger partial charge >= 0.3 is 0 Å². The van der Waals surface area contributed by atoms with Crippen molar-refractivity contribution < 1.29 is 4.79 Å². The summed E-state index contributed by atoms with van der Waals surface area (Å²) in [6.07, 6.45) is 3.23. The Bertz CT molecular complexity index is 801. The van der Waals surface area contributed by atoms with Crippen LogP contribution in [0.4, 0.5) is 5.69 Å². The van der Waals surface area contributed by atoms with Crippen LogP contribution >= 0.6 is 0 Å². The average molecular weight is 393 g/mol. The molecule has 0 saturated carbocycles. The second-order valence-corrected chi connectivity index (χ2v) is 7.65. The number of nitrogens with zero attached hydrogens (tertiary/aromatic N) is 2. The second-order valence-electron chi connectivity index (χ2n) is 7.65. The van der Waals surface area contributed by atoms with Gasteiger partial charge in [0.05, 0.1) is 0 Å². The largest absolute Gasteiger partial charge is 0.357 e. The highest BCUT2D eigenvalue weighted by molar-refractivity contribution is 5.88. The van der Waals surface area contributed by atoms with Crippen molar-refractivity contribution in [3.05, 3.63) is 65.7 Å². The molecule has 0 bridgehead atoms. The fourth-order valence-corrected chi connectivity index (χ4v) is 3.81. The van der Waals surface area contributed by atoms with Crippen LogP contribution in [0.3, 0.4) is 0 Å². The number of hydrogen-bond donors (Lipinski definition) is 2. The number of nitrogens with one attached hydrogen (secondary N) is 2. The summed E-state index contributed by atoms with van der Waals surface area (Å²) >= 11 is 0. The second kappa shape index (κ2) is 10.6. The molecule has 0 spiro atoms. The molecule has 2 N–H and O–H groups in total. The first-order chi connectivity index (χ1) is 14.1. The van der Waals surface area contributed by atoms with E-state index in [-0.39, 0.29) is 5.91 Å². The van der Waals surface area contributed by atoms with Crippen LogP contribution in [0.2, 0.25) is 0 Å². The highest BCUT2D eigenvalue weighted by atomic mass is 16.1. The van der Waals surface area contributed by atoms with E-state index in [0.29, 0.717) is 5.92 Å². The molecule has 5 nitrogen and oxygen atoms in total. The van der Waals surface area contributed by atoms with Gasteiger partial charge in [0, 0.05) is 38.8 Å². The third kappa shape index (κ3) is 6.63. The van der Waals surface area contributed by atoms with E-state index in [2.05, 4.69) is 64.9 Å². The van der Waals surface area contributed by atoms with E-state index in [9.17, 15) is 4.79 Å². The molecule has 0 radical (unpaired) electrons. The quantitative estimate of drug-likeness (QED) is 0.558. The molecular weight excluding hydrogens is 360 g/mol. The van der Waals surface area contributed by atoms with Crippen molar-refractivity contribution in [2.24, 2.45) is 10.9 Å². The van der Waals surface area contributed by atoms with Gasteiger partial charge in [-0.15, -0.1) is 0 Å². The van der Waals surface area contributed by atoms with Gasteiger partial charge in [0.1, 0.15) is 0 Å². The maximum absolute atomic E-state index is 11.1. The van der Waals surface area contributed by atoms with E-state index in [1.165, 1.54) is 24.5 Å². The molecule has 3 rings (SSSR count). The topological polar surface area (TPSA) is 56.7 Å². The molecular formula is C24H32N4O. The third-order valence-corrected chi connectivity index (χ3v) is 5.22. The fourth-order valence-electron chi connectivity index (χ4n) is 3.81. The summed E-state index contributed by atoms with van der Waals surface area (Å²) in [6, 6.07) is 18.8. The Labute approximate surface area is 174 Å².